The lowest BCUT2D eigenvalue weighted by Crippen LogP contribution is -2.56. The molecule has 0 spiro atoms. The highest BCUT2D eigenvalue weighted by Crippen LogP contribution is 2.17. The number of hydrogen-bond donors (Lipinski definition) is 1. The van der Waals surface area contributed by atoms with Crippen LogP contribution in [-0.2, 0) is 14.3 Å². The number of halogens is 1. The highest BCUT2D eigenvalue weighted by molar-refractivity contribution is 14.0. The van der Waals surface area contributed by atoms with Crippen molar-refractivity contribution in [3.8, 4) is 0 Å². The number of rotatable bonds is 6. The van der Waals surface area contributed by atoms with E-state index in [1.165, 1.54) is 12.8 Å². The number of ether oxygens (including phenoxy) is 2. The highest BCUT2D eigenvalue weighted by atomic mass is 127. The van der Waals surface area contributed by atoms with Crippen molar-refractivity contribution in [2.75, 3.05) is 73.2 Å². The van der Waals surface area contributed by atoms with E-state index in [1.807, 2.05) is 11.9 Å². The third-order valence-electron chi connectivity index (χ3n) is 5.89. The van der Waals surface area contributed by atoms with Crippen molar-refractivity contribution in [2.45, 2.75) is 37.8 Å². The molecule has 0 radical (unpaired) electrons. The molecule has 162 valence electrons. The molecule has 0 saturated carbocycles. The van der Waals surface area contributed by atoms with E-state index in [9.17, 15) is 4.79 Å². The van der Waals surface area contributed by atoms with Gasteiger partial charge in [-0.25, -0.2) is 0 Å². The van der Waals surface area contributed by atoms with Gasteiger partial charge in [-0.1, -0.05) is 0 Å². The molecule has 1 amide bonds. The molecule has 2 unspecified atom stereocenters. The lowest BCUT2D eigenvalue weighted by atomic mass is 10.2. The molecule has 28 heavy (non-hydrogen) atoms. The van der Waals surface area contributed by atoms with E-state index in [-0.39, 0.29) is 36.0 Å². The van der Waals surface area contributed by atoms with Crippen molar-refractivity contribution < 1.29 is 14.3 Å². The van der Waals surface area contributed by atoms with Gasteiger partial charge >= 0.3 is 0 Å². The molecule has 0 aromatic carbocycles. The zero-order valence-corrected chi connectivity index (χ0v) is 19.6. The third-order valence-corrected chi connectivity index (χ3v) is 5.89. The molecule has 3 aliphatic rings. The summed E-state index contributed by atoms with van der Waals surface area (Å²) in [5, 5.41) is 3.55. The molecular formula is C19H36IN5O3. The first-order valence-electron chi connectivity index (χ1n) is 10.3. The van der Waals surface area contributed by atoms with Crippen LogP contribution >= 0.6 is 24.0 Å². The number of guanidine groups is 1. The number of aliphatic imine (C=N–C) groups is 1. The molecular weight excluding hydrogens is 473 g/mol. The summed E-state index contributed by atoms with van der Waals surface area (Å²) in [5.74, 6) is 1.10. The van der Waals surface area contributed by atoms with Gasteiger partial charge in [0.25, 0.3) is 5.91 Å². The van der Waals surface area contributed by atoms with Crippen LogP contribution in [0.2, 0.25) is 0 Å². The van der Waals surface area contributed by atoms with Crippen LogP contribution in [0.1, 0.15) is 25.7 Å². The van der Waals surface area contributed by atoms with E-state index in [2.05, 4.69) is 20.1 Å². The molecule has 3 heterocycles. The fourth-order valence-corrected chi connectivity index (χ4v) is 4.29. The number of piperazine rings is 1. The fraction of sp³-hybridized carbons (Fsp3) is 0.895. The molecule has 0 aromatic heterocycles. The van der Waals surface area contributed by atoms with Crippen LogP contribution in [0.15, 0.2) is 4.99 Å². The van der Waals surface area contributed by atoms with Crippen molar-refractivity contribution in [1.29, 1.82) is 0 Å². The lowest BCUT2D eigenvalue weighted by Gasteiger charge is -2.37. The summed E-state index contributed by atoms with van der Waals surface area (Å²) in [6.45, 7) is 7.66. The number of nitrogens with one attached hydrogen (secondary N) is 1. The highest BCUT2D eigenvalue weighted by Gasteiger charge is 2.31. The Morgan fingerprint density at radius 2 is 1.89 bits per heavy atom. The molecule has 2 atom stereocenters. The predicted octanol–water partition coefficient (Wildman–Crippen LogP) is 0.614. The Balaban J connectivity index is 0.00000280. The molecule has 3 saturated heterocycles. The van der Waals surface area contributed by atoms with Gasteiger partial charge < -0.3 is 24.6 Å². The minimum atomic E-state index is -0.213. The van der Waals surface area contributed by atoms with E-state index >= 15 is 0 Å². The Kier molecular flexibility index (Phi) is 10.2. The first kappa shape index (κ1) is 23.6. The standard InChI is InChI=1S/C19H35N5O3.HI/c1-20-19(21-15-16-5-3-7-22(16)12-14-26-2)24-10-8-23(9-11-24)18(25)17-6-4-13-27-17;/h16-17H,3-15H2,1-2H3,(H,20,21);1H. The van der Waals surface area contributed by atoms with Crippen molar-refractivity contribution in [1.82, 2.24) is 20.0 Å². The number of likely N-dealkylation sites (tertiary alicyclic amines) is 1. The van der Waals surface area contributed by atoms with Gasteiger partial charge in [-0.2, -0.15) is 0 Å². The average Bonchev–Trinajstić information content (AvgIpc) is 3.39. The predicted molar refractivity (Wildman–Crippen MR) is 120 cm³/mol. The van der Waals surface area contributed by atoms with E-state index in [1.54, 1.807) is 7.11 Å². The monoisotopic (exact) mass is 509 g/mol. The van der Waals surface area contributed by atoms with Gasteiger partial charge in [0.15, 0.2) is 5.96 Å². The van der Waals surface area contributed by atoms with Crippen LogP contribution in [0.25, 0.3) is 0 Å². The van der Waals surface area contributed by atoms with Crippen LogP contribution in [0.3, 0.4) is 0 Å². The van der Waals surface area contributed by atoms with E-state index in [0.717, 1.165) is 77.8 Å². The first-order chi connectivity index (χ1) is 13.2. The second kappa shape index (κ2) is 12.1. The van der Waals surface area contributed by atoms with Gasteiger partial charge in [-0.3, -0.25) is 14.7 Å². The Bertz CT molecular complexity index is 508. The Morgan fingerprint density at radius 3 is 2.54 bits per heavy atom. The van der Waals surface area contributed by atoms with Crippen LogP contribution in [0.5, 0.6) is 0 Å². The van der Waals surface area contributed by atoms with Crippen molar-refractivity contribution in [3.63, 3.8) is 0 Å². The molecule has 3 aliphatic heterocycles. The largest absolute Gasteiger partial charge is 0.383 e. The smallest absolute Gasteiger partial charge is 0.251 e. The van der Waals surface area contributed by atoms with Crippen LogP contribution in [0, 0.1) is 0 Å². The van der Waals surface area contributed by atoms with Gasteiger partial charge in [-0.05, 0) is 32.2 Å². The van der Waals surface area contributed by atoms with Gasteiger partial charge in [0.2, 0.25) is 0 Å². The second-order valence-electron chi connectivity index (χ2n) is 7.57. The normalized spacial score (nSPS) is 26.4. The number of carbonyl (C=O) groups excluding carboxylic acids is 1. The summed E-state index contributed by atoms with van der Waals surface area (Å²) >= 11 is 0. The van der Waals surface area contributed by atoms with Gasteiger partial charge in [-0.15, -0.1) is 24.0 Å². The van der Waals surface area contributed by atoms with Crippen molar-refractivity contribution >= 4 is 35.8 Å². The molecule has 3 fully saturated rings. The minimum Gasteiger partial charge on any atom is -0.383 e. The fourth-order valence-electron chi connectivity index (χ4n) is 4.29. The molecule has 3 rings (SSSR count). The maximum atomic E-state index is 12.5. The number of amides is 1. The van der Waals surface area contributed by atoms with Crippen LogP contribution < -0.4 is 5.32 Å². The lowest BCUT2D eigenvalue weighted by molar-refractivity contribution is -0.142. The Labute approximate surface area is 186 Å². The summed E-state index contributed by atoms with van der Waals surface area (Å²) in [4.78, 5) is 23.7. The topological polar surface area (TPSA) is 69.6 Å². The number of carbonyl (C=O) groups is 1. The number of hydrogen-bond acceptors (Lipinski definition) is 5. The maximum absolute atomic E-state index is 12.5. The second-order valence-corrected chi connectivity index (χ2v) is 7.57. The van der Waals surface area contributed by atoms with E-state index in [0.29, 0.717) is 6.04 Å². The van der Waals surface area contributed by atoms with Crippen molar-refractivity contribution in [2.24, 2.45) is 4.99 Å². The molecule has 0 aromatic rings. The minimum absolute atomic E-state index is 0. The first-order valence-corrected chi connectivity index (χ1v) is 10.3. The summed E-state index contributed by atoms with van der Waals surface area (Å²) < 4.78 is 10.8. The molecule has 0 aliphatic carbocycles. The maximum Gasteiger partial charge on any atom is 0.251 e. The van der Waals surface area contributed by atoms with Gasteiger partial charge in [0.05, 0.1) is 6.61 Å². The van der Waals surface area contributed by atoms with Crippen LogP contribution in [-0.4, -0.2) is 112 Å². The zero-order valence-electron chi connectivity index (χ0n) is 17.3. The Hall–Kier alpha value is -0.650. The SMILES string of the molecule is CN=C(NCC1CCCN1CCOC)N1CCN(C(=O)C2CCCO2)CC1.I. The Morgan fingerprint density at radius 1 is 1.14 bits per heavy atom. The van der Waals surface area contributed by atoms with E-state index in [4.69, 9.17) is 9.47 Å². The van der Waals surface area contributed by atoms with Crippen molar-refractivity contribution in [3.05, 3.63) is 0 Å². The number of nitrogens with zero attached hydrogens (tertiary/aromatic N) is 4. The molecule has 1 N–H and O–H groups in total. The molecule has 9 heteroatoms. The molecule has 8 nitrogen and oxygen atoms in total. The van der Waals surface area contributed by atoms with Crippen LogP contribution in [0.4, 0.5) is 0 Å². The summed E-state index contributed by atoms with van der Waals surface area (Å²) in [5.41, 5.74) is 0. The average molecular weight is 509 g/mol. The number of methoxy groups -OCH3 is 1. The van der Waals surface area contributed by atoms with Gasteiger partial charge in [0.1, 0.15) is 6.10 Å². The summed E-state index contributed by atoms with van der Waals surface area (Å²) in [7, 11) is 3.60. The zero-order chi connectivity index (χ0) is 19.1. The van der Waals surface area contributed by atoms with Gasteiger partial charge in [0, 0.05) is 66.1 Å². The summed E-state index contributed by atoms with van der Waals surface area (Å²) in [6.07, 6.45) is 4.11. The quantitative estimate of drug-likeness (QED) is 0.322. The third kappa shape index (κ3) is 6.17. The van der Waals surface area contributed by atoms with E-state index < -0.39 is 0 Å². The summed E-state index contributed by atoms with van der Waals surface area (Å²) in [6, 6.07) is 0.541. The molecule has 0 bridgehead atoms.